The first-order valence-electron chi connectivity index (χ1n) is 7.45. The molecule has 2 aromatic rings. The van der Waals surface area contributed by atoms with Crippen LogP contribution in [-0.4, -0.2) is 16.8 Å². The van der Waals surface area contributed by atoms with Gasteiger partial charge in [0.25, 0.3) is 16.8 Å². The minimum absolute atomic E-state index is 0.596. The molecule has 4 heteroatoms. The van der Waals surface area contributed by atoms with Gasteiger partial charge in [-0.1, -0.05) is 60.7 Å². The quantitative estimate of drug-likeness (QED) is 0.364. The average Bonchev–Trinajstić information content (AvgIpc) is 2.44. The maximum Gasteiger partial charge on any atom is 0.272 e. The molecule has 0 aliphatic rings. The third kappa shape index (κ3) is 3.81. The predicted molar refractivity (Wildman–Crippen MR) is 96.9 cm³/mol. The lowest BCUT2D eigenvalue weighted by Crippen LogP contribution is -2.30. The summed E-state index contributed by atoms with van der Waals surface area (Å²) in [6.07, 6.45) is 0. The van der Waals surface area contributed by atoms with E-state index >= 15 is 8.22 Å². The molecular weight excluding hydrogens is 310 g/mol. The van der Waals surface area contributed by atoms with E-state index < -0.39 is 16.8 Å². The van der Waals surface area contributed by atoms with Crippen LogP contribution in [0.3, 0.4) is 0 Å². The Morgan fingerprint density at radius 2 is 0.864 bits per heavy atom. The topological polar surface area (TPSA) is 0 Å². The van der Waals surface area contributed by atoms with Crippen LogP contribution in [0.4, 0.5) is 8.22 Å². The Bertz CT molecular complexity index is 591. The zero-order valence-electron chi connectivity index (χ0n) is 13.5. The summed E-state index contributed by atoms with van der Waals surface area (Å²) < 4.78 is 30.3. The highest BCUT2D eigenvalue weighted by Crippen LogP contribution is 2.40. The number of benzene rings is 2. The van der Waals surface area contributed by atoms with E-state index in [-0.39, 0.29) is 0 Å². The van der Waals surface area contributed by atoms with Crippen LogP contribution in [0.1, 0.15) is 11.1 Å². The fraction of sp³-hybridized carbons (Fsp3) is 0.222. The second kappa shape index (κ2) is 6.30. The summed E-state index contributed by atoms with van der Waals surface area (Å²) in [5.41, 5.74) is 1.61. The van der Waals surface area contributed by atoms with Crippen molar-refractivity contribution in [3.8, 4) is 0 Å². The van der Waals surface area contributed by atoms with E-state index in [1.165, 1.54) is 0 Å². The molecule has 0 bridgehead atoms. The monoisotopic (exact) mass is 332 g/mol. The molecule has 0 aliphatic heterocycles. The third-order valence-corrected chi connectivity index (χ3v) is 7.27. The van der Waals surface area contributed by atoms with E-state index in [1.807, 2.05) is 60.7 Å². The molecule has 116 valence electrons. The van der Waals surface area contributed by atoms with Crippen molar-refractivity contribution in [2.75, 3.05) is 0 Å². The van der Waals surface area contributed by atoms with Gasteiger partial charge >= 0.3 is 0 Å². The molecule has 0 atom stereocenters. The highest BCUT2D eigenvalue weighted by atomic mass is 28.4. The van der Waals surface area contributed by atoms with Gasteiger partial charge in [0.05, 0.1) is 0 Å². The van der Waals surface area contributed by atoms with Gasteiger partial charge in [0, 0.05) is 0 Å². The number of halogens is 2. The summed E-state index contributed by atoms with van der Waals surface area (Å²) in [6.45, 7) is 6.55. The Morgan fingerprint density at radius 3 is 1.09 bits per heavy atom. The second-order valence-corrected chi connectivity index (χ2v) is 13.3. The van der Waals surface area contributed by atoms with E-state index in [4.69, 9.17) is 0 Å². The summed E-state index contributed by atoms with van der Waals surface area (Å²) in [6, 6.07) is 18.8. The third-order valence-electron chi connectivity index (χ3n) is 3.56. The zero-order valence-corrected chi connectivity index (χ0v) is 15.5. The molecular formula is C18H22F2Si2. The molecule has 0 radical (unpaired) electrons. The molecule has 0 aromatic heterocycles. The van der Waals surface area contributed by atoms with E-state index in [9.17, 15) is 0 Å². The molecule has 0 amide bonds. The van der Waals surface area contributed by atoms with Crippen LogP contribution in [0.2, 0.25) is 26.2 Å². The Morgan fingerprint density at radius 1 is 0.591 bits per heavy atom. The first-order valence-corrected chi connectivity index (χ1v) is 13.2. The van der Waals surface area contributed by atoms with Crippen molar-refractivity contribution < 1.29 is 8.22 Å². The molecule has 2 rings (SSSR count). The fourth-order valence-electron chi connectivity index (χ4n) is 2.78. The highest BCUT2D eigenvalue weighted by molar-refractivity contribution is 7.00. The van der Waals surface area contributed by atoms with Gasteiger partial charge in [-0.05, 0) is 47.7 Å². The predicted octanol–water partition coefficient (Wildman–Crippen LogP) is 6.03. The molecule has 0 N–H and O–H groups in total. The Labute approximate surface area is 133 Å². The first kappa shape index (κ1) is 16.8. The van der Waals surface area contributed by atoms with Gasteiger partial charge in [0.2, 0.25) is 0 Å². The summed E-state index contributed by atoms with van der Waals surface area (Å²) in [5.74, 6) is 0. The summed E-state index contributed by atoms with van der Waals surface area (Å²) >= 11 is 0. The lowest BCUT2D eigenvalue weighted by molar-refractivity contribution is 0.817. The van der Waals surface area contributed by atoms with Crippen molar-refractivity contribution in [1.29, 1.82) is 0 Å². The normalized spacial score (nSPS) is 13.7. The molecule has 0 spiro atoms. The maximum atomic E-state index is 15.1. The fourth-order valence-corrected chi connectivity index (χ4v) is 7.75. The SMILES string of the molecule is C[Si](C)(F)/C(=C(\c1ccccc1)[Si](C)(C)F)c1ccccc1. The second-order valence-electron chi connectivity index (χ2n) is 6.43. The minimum atomic E-state index is -3.21. The van der Waals surface area contributed by atoms with Crippen molar-refractivity contribution in [1.82, 2.24) is 0 Å². The highest BCUT2D eigenvalue weighted by Gasteiger charge is 2.38. The summed E-state index contributed by atoms with van der Waals surface area (Å²) in [5, 5.41) is 1.19. The van der Waals surface area contributed by atoms with Gasteiger partial charge < -0.3 is 8.22 Å². The van der Waals surface area contributed by atoms with Crippen LogP contribution < -0.4 is 0 Å². The standard InChI is InChI=1S/C18H22F2Si2/c1-21(2,19)17(15-11-7-5-8-12-15)18(22(3,4)20)16-13-9-6-10-14-16/h5-14H,1-4H3/b18-17+. The maximum absolute atomic E-state index is 15.1. The zero-order chi connectivity index (χ0) is 16.4. The number of rotatable bonds is 4. The first-order chi connectivity index (χ1) is 10.2. The smallest absolute Gasteiger partial charge is 0.272 e. The minimum Gasteiger partial charge on any atom is -0.308 e. The van der Waals surface area contributed by atoms with Crippen molar-refractivity contribution in [3.05, 3.63) is 71.8 Å². The largest absolute Gasteiger partial charge is 0.308 e. The van der Waals surface area contributed by atoms with Crippen LogP contribution in [0.25, 0.3) is 10.4 Å². The lowest BCUT2D eigenvalue weighted by atomic mass is 10.1. The molecule has 0 nitrogen and oxygen atoms in total. The van der Waals surface area contributed by atoms with Crippen LogP contribution in [-0.2, 0) is 0 Å². The van der Waals surface area contributed by atoms with Gasteiger partial charge in [0.15, 0.2) is 0 Å². The summed E-state index contributed by atoms with van der Waals surface area (Å²) in [4.78, 5) is 0. The van der Waals surface area contributed by atoms with E-state index in [0.29, 0.717) is 10.4 Å². The van der Waals surface area contributed by atoms with Gasteiger partial charge in [-0.3, -0.25) is 0 Å². The summed E-state index contributed by atoms with van der Waals surface area (Å²) in [7, 11) is -6.42. The van der Waals surface area contributed by atoms with Crippen molar-refractivity contribution in [2.24, 2.45) is 0 Å². The van der Waals surface area contributed by atoms with E-state index in [2.05, 4.69) is 0 Å². The van der Waals surface area contributed by atoms with Crippen LogP contribution in [0.5, 0.6) is 0 Å². The molecule has 0 heterocycles. The Balaban J connectivity index is 2.84. The van der Waals surface area contributed by atoms with Crippen LogP contribution in [0, 0.1) is 0 Å². The number of hydrogen-bond acceptors (Lipinski definition) is 0. The van der Waals surface area contributed by atoms with Crippen molar-refractivity contribution >= 4 is 27.2 Å². The molecule has 0 saturated heterocycles. The van der Waals surface area contributed by atoms with Gasteiger partial charge in [0.1, 0.15) is 0 Å². The molecule has 0 aliphatic carbocycles. The van der Waals surface area contributed by atoms with Crippen LogP contribution >= 0.6 is 0 Å². The molecule has 2 aromatic carbocycles. The van der Waals surface area contributed by atoms with Crippen molar-refractivity contribution in [3.63, 3.8) is 0 Å². The van der Waals surface area contributed by atoms with Gasteiger partial charge in [-0.15, -0.1) is 0 Å². The van der Waals surface area contributed by atoms with Gasteiger partial charge in [-0.25, -0.2) is 0 Å². The molecule has 0 saturated carbocycles. The molecule has 22 heavy (non-hydrogen) atoms. The lowest BCUT2D eigenvalue weighted by Gasteiger charge is -2.27. The van der Waals surface area contributed by atoms with Gasteiger partial charge in [-0.2, -0.15) is 0 Å². The Hall–Kier alpha value is -1.53. The molecule has 0 unspecified atom stereocenters. The van der Waals surface area contributed by atoms with E-state index in [1.54, 1.807) is 26.2 Å². The molecule has 0 fully saturated rings. The van der Waals surface area contributed by atoms with Crippen molar-refractivity contribution in [2.45, 2.75) is 26.2 Å². The average molecular weight is 333 g/mol. The number of hydrogen-bond donors (Lipinski definition) is 0. The Kier molecular flexibility index (Phi) is 4.82. The van der Waals surface area contributed by atoms with Crippen LogP contribution in [0.15, 0.2) is 60.7 Å². The van der Waals surface area contributed by atoms with E-state index in [0.717, 1.165) is 11.1 Å².